The molecule has 0 aliphatic heterocycles. The van der Waals surface area contributed by atoms with Crippen molar-refractivity contribution in [1.82, 2.24) is 0 Å². The molecule has 0 radical (unpaired) electrons. The highest BCUT2D eigenvalue weighted by Crippen LogP contribution is 2.48. The van der Waals surface area contributed by atoms with Gasteiger partial charge in [0.25, 0.3) is 11.4 Å². The van der Waals surface area contributed by atoms with Crippen LogP contribution in [0.3, 0.4) is 0 Å². The van der Waals surface area contributed by atoms with E-state index in [2.05, 4.69) is 0 Å². The second-order valence-corrected chi connectivity index (χ2v) is 4.86. The highest BCUT2D eigenvalue weighted by molar-refractivity contribution is 6.24. The van der Waals surface area contributed by atoms with Crippen molar-refractivity contribution < 1.29 is 9.85 Å². The van der Waals surface area contributed by atoms with Crippen LogP contribution in [0.25, 0.3) is 11.1 Å². The van der Waals surface area contributed by atoms with Crippen molar-refractivity contribution in [3.63, 3.8) is 0 Å². The van der Waals surface area contributed by atoms with Crippen LogP contribution >= 0.6 is 11.6 Å². The Labute approximate surface area is 117 Å². The SMILES string of the molecule is O=[N+]([O-])c1ccc2c(c1)C(Cl)c1cc([N+](=O)[O-])ccc1-2. The minimum absolute atomic E-state index is 0.0447. The smallest absolute Gasteiger partial charge is 0.258 e. The van der Waals surface area contributed by atoms with Gasteiger partial charge in [-0.15, -0.1) is 11.6 Å². The first-order valence-electron chi connectivity index (χ1n) is 5.70. The monoisotopic (exact) mass is 290 g/mol. The maximum Gasteiger partial charge on any atom is 0.269 e. The maximum atomic E-state index is 10.8. The lowest BCUT2D eigenvalue weighted by molar-refractivity contribution is -0.385. The molecule has 7 heteroatoms. The molecule has 0 fully saturated rings. The average Bonchev–Trinajstić information content (AvgIpc) is 2.71. The molecule has 6 nitrogen and oxygen atoms in total. The van der Waals surface area contributed by atoms with Gasteiger partial charge >= 0.3 is 0 Å². The molecule has 0 heterocycles. The minimum Gasteiger partial charge on any atom is -0.258 e. The highest BCUT2D eigenvalue weighted by atomic mass is 35.5. The van der Waals surface area contributed by atoms with Crippen LogP contribution in [-0.4, -0.2) is 9.85 Å². The molecule has 0 saturated carbocycles. The molecular formula is C13H7ClN2O4. The topological polar surface area (TPSA) is 86.3 Å². The molecule has 20 heavy (non-hydrogen) atoms. The van der Waals surface area contributed by atoms with Gasteiger partial charge in [0.2, 0.25) is 0 Å². The fourth-order valence-electron chi connectivity index (χ4n) is 2.40. The van der Waals surface area contributed by atoms with E-state index in [1.807, 2.05) is 0 Å². The summed E-state index contributed by atoms with van der Waals surface area (Å²) in [5.74, 6) is 0. The number of non-ortho nitro benzene ring substituents is 2. The zero-order valence-electron chi connectivity index (χ0n) is 9.95. The zero-order chi connectivity index (χ0) is 14.4. The zero-order valence-corrected chi connectivity index (χ0v) is 10.7. The Morgan fingerprint density at radius 1 is 0.850 bits per heavy atom. The van der Waals surface area contributed by atoms with Gasteiger partial charge in [-0.25, -0.2) is 0 Å². The predicted octanol–water partition coefficient (Wildman–Crippen LogP) is 3.81. The quantitative estimate of drug-likeness (QED) is 0.478. The molecule has 0 atom stereocenters. The number of halogens is 1. The third-order valence-corrected chi connectivity index (χ3v) is 3.80. The molecule has 0 spiro atoms. The maximum absolute atomic E-state index is 10.8. The van der Waals surface area contributed by atoms with Gasteiger partial charge in [-0.2, -0.15) is 0 Å². The highest BCUT2D eigenvalue weighted by Gasteiger charge is 2.30. The van der Waals surface area contributed by atoms with Crippen LogP contribution in [0.4, 0.5) is 11.4 Å². The first-order valence-corrected chi connectivity index (χ1v) is 6.14. The van der Waals surface area contributed by atoms with E-state index >= 15 is 0 Å². The lowest BCUT2D eigenvalue weighted by Gasteiger charge is -2.03. The van der Waals surface area contributed by atoms with Gasteiger partial charge in [0.15, 0.2) is 0 Å². The first kappa shape index (κ1) is 12.6. The standard InChI is InChI=1S/C13H7ClN2O4/c14-13-11-5-7(15(17)18)1-3-9(11)10-4-2-8(16(19)20)6-12(10)13/h1-6,13H. The molecule has 0 aromatic heterocycles. The lowest BCUT2D eigenvalue weighted by atomic mass is 10.1. The van der Waals surface area contributed by atoms with Crippen LogP contribution < -0.4 is 0 Å². The summed E-state index contributed by atoms with van der Waals surface area (Å²) in [5, 5.41) is 21.0. The summed E-state index contributed by atoms with van der Waals surface area (Å²) < 4.78 is 0. The van der Waals surface area contributed by atoms with Crippen LogP contribution in [0, 0.1) is 20.2 Å². The van der Waals surface area contributed by atoms with Crippen molar-refractivity contribution in [2.45, 2.75) is 5.38 Å². The van der Waals surface area contributed by atoms with Crippen LogP contribution in [0.1, 0.15) is 16.5 Å². The van der Waals surface area contributed by atoms with Crippen LogP contribution in [0.15, 0.2) is 36.4 Å². The van der Waals surface area contributed by atoms with Gasteiger partial charge in [0, 0.05) is 24.3 Å². The molecular weight excluding hydrogens is 284 g/mol. The molecule has 1 aliphatic rings. The van der Waals surface area contributed by atoms with Crippen molar-refractivity contribution in [3.05, 3.63) is 67.8 Å². The summed E-state index contributed by atoms with van der Waals surface area (Å²) in [4.78, 5) is 20.6. The van der Waals surface area contributed by atoms with E-state index in [4.69, 9.17) is 11.6 Å². The Balaban J connectivity index is 2.18. The molecule has 0 unspecified atom stereocenters. The third-order valence-electron chi connectivity index (χ3n) is 3.33. The van der Waals surface area contributed by atoms with Gasteiger partial charge < -0.3 is 0 Å². The summed E-state index contributed by atoms with van der Waals surface area (Å²) in [5.41, 5.74) is 2.68. The predicted molar refractivity (Wildman–Crippen MR) is 72.9 cm³/mol. The summed E-state index contributed by atoms with van der Waals surface area (Å²) in [7, 11) is 0. The second-order valence-electron chi connectivity index (χ2n) is 4.42. The van der Waals surface area contributed by atoms with E-state index in [0.29, 0.717) is 11.1 Å². The summed E-state index contributed by atoms with van der Waals surface area (Å²) >= 11 is 6.28. The van der Waals surface area contributed by atoms with Crippen LogP contribution in [0.2, 0.25) is 0 Å². The number of fused-ring (bicyclic) bond motifs is 3. The molecule has 0 amide bonds. The number of alkyl halides is 1. The molecule has 3 rings (SSSR count). The number of hydrogen-bond acceptors (Lipinski definition) is 4. The van der Waals surface area contributed by atoms with Gasteiger partial charge in [0.1, 0.15) is 0 Å². The Hall–Kier alpha value is -2.47. The fraction of sp³-hybridized carbons (Fsp3) is 0.0769. The number of nitro benzene ring substituents is 2. The van der Waals surface area contributed by atoms with E-state index < -0.39 is 15.2 Å². The number of nitro groups is 2. The van der Waals surface area contributed by atoms with Gasteiger partial charge in [0.05, 0.1) is 15.2 Å². The molecule has 2 aromatic carbocycles. The largest absolute Gasteiger partial charge is 0.269 e. The molecule has 2 aromatic rings. The second kappa shape index (κ2) is 4.28. The molecule has 1 aliphatic carbocycles. The van der Waals surface area contributed by atoms with E-state index in [0.717, 1.165) is 11.1 Å². The van der Waals surface area contributed by atoms with E-state index in [9.17, 15) is 20.2 Å². The van der Waals surface area contributed by atoms with Gasteiger partial charge in [-0.05, 0) is 34.4 Å². The van der Waals surface area contributed by atoms with Crippen LogP contribution in [-0.2, 0) is 0 Å². The van der Waals surface area contributed by atoms with Crippen molar-refractivity contribution in [3.8, 4) is 11.1 Å². The number of hydrogen-bond donors (Lipinski definition) is 0. The van der Waals surface area contributed by atoms with Gasteiger partial charge in [-0.3, -0.25) is 20.2 Å². The Morgan fingerprint density at radius 2 is 1.25 bits per heavy atom. The molecule has 0 N–H and O–H groups in total. The van der Waals surface area contributed by atoms with Crippen molar-refractivity contribution in [2.24, 2.45) is 0 Å². The molecule has 0 bridgehead atoms. The number of benzene rings is 2. The summed E-state index contributed by atoms with van der Waals surface area (Å²) in [6.07, 6.45) is 0. The third kappa shape index (κ3) is 1.73. The summed E-state index contributed by atoms with van der Waals surface area (Å²) in [6, 6.07) is 8.89. The number of nitrogens with zero attached hydrogens (tertiary/aromatic N) is 2. The summed E-state index contributed by atoms with van der Waals surface area (Å²) in [6.45, 7) is 0. The average molecular weight is 291 g/mol. The van der Waals surface area contributed by atoms with Crippen molar-refractivity contribution >= 4 is 23.0 Å². The first-order chi connectivity index (χ1) is 9.49. The molecule has 100 valence electrons. The lowest BCUT2D eigenvalue weighted by Crippen LogP contribution is -1.92. The van der Waals surface area contributed by atoms with E-state index in [1.54, 1.807) is 12.1 Å². The Morgan fingerprint density at radius 3 is 1.60 bits per heavy atom. The number of rotatable bonds is 2. The Bertz CT molecular complexity index is 697. The van der Waals surface area contributed by atoms with Gasteiger partial charge in [-0.1, -0.05) is 0 Å². The minimum atomic E-state index is -0.611. The Kier molecular flexibility index (Phi) is 2.69. The normalized spacial score (nSPS) is 12.8. The van der Waals surface area contributed by atoms with E-state index in [1.165, 1.54) is 24.3 Å². The molecule has 0 saturated heterocycles. The van der Waals surface area contributed by atoms with Crippen molar-refractivity contribution in [2.75, 3.05) is 0 Å². The fourth-order valence-corrected chi connectivity index (χ4v) is 2.77. The van der Waals surface area contributed by atoms with Crippen LogP contribution in [0.5, 0.6) is 0 Å². The van der Waals surface area contributed by atoms with E-state index in [-0.39, 0.29) is 11.4 Å². The van der Waals surface area contributed by atoms with Crippen molar-refractivity contribution in [1.29, 1.82) is 0 Å².